The third kappa shape index (κ3) is 9.26. The van der Waals surface area contributed by atoms with Crippen molar-refractivity contribution < 1.29 is 19.0 Å². The fourth-order valence-electron chi connectivity index (χ4n) is 4.23. The molecule has 3 aromatic carbocycles. The minimum atomic E-state index is -0.782. The van der Waals surface area contributed by atoms with Crippen LogP contribution in [0.2, 0.25) is 0 Å². The second kappa shape index (κ2) is 15.1. The van der Waals surface area contributed by atoms with Crippen LogP contribution in [0.3, 0.4) is 0 Å². The van der Waals surface area contributed by atoms with Gasteiger partial charge in [-0.2, -0.15) is 0 Å². The van der Waals surface area contributed by atoms with Crippen LogP contribution in [-0.4, -0.2) is 36.2 Å². The van der Waals surface area contributed by atoms with Crippen LogP contribution in [0.4, 0.5) is 15.8 Å². The number of aryl methyl sites for hydroxylation is 2. The van der Waals surface area contributed by atoms with Gasteiger partial charge >= 0.3 is 5.97 Å². The van der Waals surface area contributed by atoms with E-state index in [1.807, 2.05) is 51.1 Å². The van der Waals surface area contributed by atoms with Gasteiger partial charge in [-0.25, -0.2) is 10.2 Å². The summed E-state index contributed by atoms with van der Waals surface area (Å²) in [4.78, 5) is 13.3. The van der Waals surface area contributed by atoms with Crippen molar-refractivity contribution in [3.63, 3.8) is 0 Å². The number of benzene rings is 3. The Balaban J connectivity index is 0.000000343. The molecule has 0 aliphatic carbocycles. The molecular weight excluding hydrogens is 495 g/mol. The number of aliphatic carboxylic acids is 1. The number of halogens is 1. The van der Waals surface area contributed by atoms with Crippen LogP contribution in [0.25, 0.3) is 0 Å². The molecule has 0 radical (unpaired) electrons. The van der Waals surface area contributed by atoms with Crippen LogP contribution in [0, 0.1) is 25.6 Å². The van der Waals surface area contributed by atoms with Crippen molar-refractivity contribution in [1.29, 1.82) is 0 Å². The van der Waals surface area contributed by atoms with Gasteiger partial charge < -0.3 is 20.6 Å². The average molecular weight is 539 g/mol. The Kier molecular flexibility index (Phi) is 12.2. The van der Waals surface area contributed by atoms with Crippen LogP contribution >= 0.6 is 0 Å². The Morgan fingerprint density at radius 3 is 2.49 bits per heavy atom. The highest BCUT2D eigenvalue weighted by Gasteiger charge is 2.18. The van der Waals surface area contributed by atoms with E-state index in [1.54, 1.807) is 20.0 Å². The summed E-state index contributed by atoms with van der Waals surface area (Å²) in [5.74, 6) is 4.84. The molecule has 1 atom stereocenters. The number of nitrogens with zero attached hydrogens (tertiary/aromatic N) is 2. The lowest BCUT2D eigenvalue weighted by molar-refractivity contribution is -0.141. The topological polar surface area (TPSA) is 105 Å². The zero-order chi connectivity index (χ0) is 29.1. The standard InChI is InChI=1S/C21H24FNO3.C8H13N3.C2H6/c1-14-3-4-16(9-15(2)21(24)25)10-17(14)12-23-7-8-26-20-6-5-19(22)11-18(20)13-23;1-6-4-3-5-7(8(6)9)11(2)10;1-2/h3-6,10-11,15H,7-9,12-13H2,1-2H3,(H,24,25);3-5H,9-10H2,1-2H3;1-2H3. The number of nitrogen functional groups attached to an aromatic ring is 1. The van der Waals surface area contributed by atoms with E-state index in [0.717, 1.165) is 46.9 Å². The van der Waals surface area contributed by atoms with Gasteiger partial charge in [0.05, 0.1) is 17.3 Å². The first-order valence-electron chi connectivity index (χ1n) is 13.3. The molecule has 1 aliphatic rings. The summed E-state index contributed by atoms with van der Waals surface area (Å²) in [6.07, 6.45) is 0.514. The van der Waals surface area contributed by atoms with Crippen LogP contribution in [0.15, 0.2) is 54.6 Å². The first-order chi connectivity index (χ1) is 18.5. The number of hydrogen-bond donors (Lipinski definition) is 3. The number of hydrogen-bond acceptors (Lipinski definition) is 6. The number of nitrogens with two attached hydrogens (primary N) is 2. The molecule has 4 rings (SSSR count). The van der Waals surface area contributed by atoms with Crippen LogP contribution in [0.5, 0.6) is 5.75 Å². The fraction of sp³-hybridized carbons (Fsp3) is 0.387. The molecule has 7 nitrogen and oxygen atoms in total. The van der Waals surface area contributed by atoms with Crippen molar-refractivity contribution in [3.05, 3.63) is 88.2 Å². The largest absolute Gasteiger partial charge is 0.492 e. The van der Waals surface area contributed by atoms with Crippen LogP contribution in [0.1, 0.15) is 48.6 Å². The second-order valence-corrected chi connectivity index (χ2v) is 9.63. The third-order valence-electron chi connectivity index (χ3n) is 6.53. The molecule has 0 bridgehead atoms. The highest BCUT2D eigenvalue weighted by Crippen LogP contribution is 2.26. The molecule has 0 spiro atoms. The summed E-state index contributed by atoms with van der Waals surface area (Å²) in [6, 6.07) is 16.6. The molecule has 0 saturated heterocycles. The first-order valence-corrected chi connectivity index (χ1v) is 13.3. The van der Waals surface area contributed by atoms with Gasteiger partial charge in [0.15, 0.2) is 0 Å². The Morgan fingerprint density at radius 1 is 1.13 bits per heavy atom. The molecular formula is C31H43FN4O3. The van der Waals surface area contributed by atoms with E-state index in [4.69, 9.17) is 21.4 Å². The van der Waals surface area contributed by atoms with Crippen molar-refractivity contribution in [2.45, 2.75) is 54.1 Å². The fourth-order valence-corrected chi connectivity index (χ4v) is 4.23. The van der Waals surface area contributed by atoms with Crippen molar-refractivity contribution in [2.24, 2.45) is 11.8 Å². The van der Waals surface area contributed by atoms with Gasteiger partial charge in [0.1, 0.15) is 18.2 Å². The lowest BCUT2D eigenvalue weighted by atomic mass is 9.97. The van der Waals surface area contributed by atoms with E-state index in [9.17, 15) is 9.18 Å². The SMILES string of the molecule is CC.Cc1ccc(CC(C)C(=O)O)cc1CN1CCOc2ccc(F)cc2C1.Cc1cccc(N(C)N)c1N. The number of hydrazine groups is 1. The predicted molar refractivity (Wildman–Crippen MR) is 157 cm³/mol. The number of carbonyl (C=O) groups is 1. The number of carboxylic acids is 1. The van der Waals surface area contributed by atoms with E-state index in [2.05, 4.69) is 17.9 Å². The monoisotopic (exact) mass is 538 g/mol. The van der Waals surface area contributed by atoms with Gasteiger partial charge in [0.2, 0.25) is 0 Å². The average Bonchev–Trinajstić information content (AvgIpc) is 3.10. The Morgan fingerprint density at radius 2 is 1.85 bits per heavy atom. The minimum Gasteiger partial charge on any atom is -0.492 e. The van der Waals surface area contributed by atoms with Gasteiger partial charge in [-0.1, -0.05) is 51.1 Å². The highest BCUT2D eigenvalue weighted by atomic mass is 19.1. The zero-order valence-corrected chi connectivity index (χ0v) is 24.0. The van der Waals surface area contributed by atoms with Crippen LogP contribution < -0.4 is 21.3 Å². The molecule has 1 heterocycles. The Bertz CT molecular complexity index is 1230. The Hall–Kier alpha value is -3.62. The van der Waals surface area contributed by atoms with Crippen molar-refractivity contribution in [3.8, 4) is 5.75 Å². The lowest BCUT2D eigenvalue weighted by Crippen LogP contribution is -2.26. The van der Waals surface area contributed by atoms with Gasteiger partial charge in [-0.05, 0) is 66.8 Å². The van der Waals surface area contributed by atoms with E-state index in [0.29, 0.717) is 19.6 Å². The van der Waals surface area contributed by atoms with Gasteiger partial charge in [0.25, 0.3) is 0 Å². The maximum atomic E-state index is 13.6. The number of carboxylic acid groups (broad SMARTS) is 1. The molecule has 39 heavy (non-hydrogen) atoms. The molecule has 1 unspecified atom stereocenters. The van der Waals surface area contributed by atoms with Gasteiger partial charge in [0, 0.05) is 32.2 Å². The molecule has 0 aromatic heterocycles. The molecule has 3 aromatic rings. The lowest BCUT2D eigenvalue weighted by Gasteiger charge is -2.21. The van der Waals surface area contributed by atoms with Crippen molar-refractivity contribution in [1.82, 2.24) is 4.90 Å². The smallest absolute Gasteiger partial charge is 0.306 e. The third-order valence-corrected chi connectivity index (χ3v) is 6.53. The maximum absolute atomic E-state index is 13.6. The van der Waals surface area contributed by atoms with Gasteiger partial charge in [-0.3, -0.25) is 9.69 Å². The number of para-hydroxylation sites is 1. The summed E-state index contributed by atoms with van der Waals surface area (Å²) in [7, 11) is 1.77. The normalized spacial score (nSPS) is 13.3. The molecule has 5 N–H and O–H groups in total. The quantitative estimate of drug-likeness (QED) is 0.210. The van der Waals surface area contributed by atoms with E-state index in [-0.39, 0.29) is 5.82 Å². The molecule has 0 saturated carbocycles. The number of fused-ring (bicyclic) bond motifs is 1. The zero-order valence-electron chi connectivity index (χ0n) is 24.0. The van der Waals surface area contributed by atoms with Crippen LogP contribution in [-0.2, 0) is 24.3 Å². The minimum absolute atomic E-state index is 0.255. The highest BCUT2D eigenvalue weighted by molar-refractivity contribution is 5.70. The molecule has 212 valence electrons. The number of ether oxygens (including phenoxy) is 1. The van der Waals surface area contributed by atoms with Crippen molar-refractivity contribution >= 4 is 17.3 Å². The summed E-state index contributed by atoms with van der Waals surface area (Å²) >= 11 is 0. The van der Waals surface area contributed by atoms with E-state index in [1.165, 1.54) is 28.3 Å². The second-order valence-electron chi connectivity index (χ2n) is 9.63. The molecule has 8 heteroatoms. The summed E-state index contributed by atoms with van der Waals surface area (Å²) < 4.78 is 19.3. The van der Waals surface area contributed by atoms with Crippen molar-refractivity contribution in [2.75, 3.05) is 30.9 Å². The Labute approximate surface area is 232 Å². The summed E-state index contributed by atoms with van der Waals surface area (Å²) in [5.41, 5.74) is 12.6. The van der Waals surface area contributed by atoms with E-state index >= 15 is 0 Å². The summed E-state index contributed by atoms with van der Waals surface area (Å²) in [5, 5.41) is 10.6. The number of rotatable bonds is 6. The summed E-state index contributed by atoms with van der Waals surface area (Å²) in [6.45, 7) is 12.4. The van der Waals surface area contributed by atoms with Gasteiger partial charge in [-0.15, -0.1) is 0 Å². The first kappa shape index (κ1) is 31.6. The number of anilines is 2. The van der Waals surface area contributed by atoms with E-state index < -0.39 is 11.9 Å². The predicted octanol–water partition coefficient (Wildman–Crippen LogP) is 5.71. The maximum Gasteiger partial charge on any atom is 0.306 e. The molecule has 1 aliphatic heterocycles. The molecule has 0 amide bonds. The molecule has 0 fully saturated rings.